The average Bonchev–Trinajstić information content (AvgIpc) is 2.16. The maximum Gasteiger partial charge on any atom is 0.328 e. The Balaban J connectivity index is 0. The van der Waals surface area contributed by atoms with Gasteiger partial charge in [-0.05, 0) is 7.05 Å². The summed E-state index contributed by atoms with van der Waals surface area (Å²) in [5, 5.41) is 15.6. The highest BCUT2D eigenvalue weighted by Crippen LogP contribution is 1.85. The predicted molar refractivity (Wildman–Crippen MR) is 63.3 cm³/mol. The molecule has 0 bridgehead atoms. The van der Waals surface area contributed by atoms with E-state index >= 15 is 0 Å². The third kappa shape index (κ3) is 18.9. The Kier molecular flexibility index (Phi) is 13.5. The number of carbonyl (C=O) groups is 2. The van der Waals surface area contributed by atoms with Crippen molar-refractivity contribution >= 4 is 35.1 Å². The van der Waals surface area contributed by atoms with E-state index in [1.165, 1.54) is 0 Å². The maximum absolute atomic E-state index is 9.55. The number of hydrogen-bond acceptors (Lipinski definition) is 3. The first-order valence-corrected chi connectivity index (χ1v) is 5.45. The normalized spacial score (nSPS) is 10.0. The van der Waals surface area contributed by atoms with Gasteiger partial charge in [0.2, 0.25) is 0 Å². The number of alkyl halides is 2. The number of carboxylic acid groups (broad SMARTS) is 2. The molecule has 7 heteroatoms. The lowest BCUT2D eigenvalue weighted by Gasteiger charge is -2.11. The number of rotatable bonds is 6. The molecule has 0 aliphatic rings. The van der Waals surface area contributed by atoms with Crippen molar-refractivity contribution in [3.05, 3.63) is 12.2 Å². The molecule has 2 N–H and O–H groups in total. The van der Waals surface area contributed by atoms with E-state index in [1.54, 1.807) is 0 Å². The number of halogens is 2. The Morgan fingerprint density at radius 3 is 1.56 bits per heavy atom. The number of aliphatic carboxylic acids is 2. The largest absolute Gasteiger partial charge is 0.478 e. The quantitative estimate of drug-likeness (QED) is 0.559. The maximum atomic E-state index is 9.55. The van der Waals surface area contributed by atoms with Crippen LogP contribution in [0.3, 0.4) is 0 Å². The fourth-order valence-electron chi connectivity index (χ4n) is 0.543. The molecule has 0 spiro atoms. The van der Waals surface area contributed by atoms with Crippen molar-refractivity contribution < 1.29 is 19.8 Å². The molecule has 16 heavy (non-hydrogen) atoms. The van der Waals surface area contributed by atoms with E-state index in [0.717, 1.165) is 13.1 Å². The highest BCUT2D eigenvalue weighted by atomic mass is 35.5. The molecule has 0 unspecified atom stereocenters. The van der Waals surface area contributed by atoms with Crippen molar-refractivity contribution in [2.24, 2.45) is 0 Å². The van der Waals surface area contributed by atoms with Crippen LogP contribution in [0.5, 0.6) is 0 Å². The van der Waals surface area contributed by atoms with Crippen LogP contribution in [-0.2, 0) is 9.59 Å². The smallest absolute Gasteiger partial charge is 0.328 e. The zero-order valence-corrected chi connectivity index (χ0v) is 10.4. The van der Waals surface area contributed by atoms with E-state index in [9.17, 15) is 9.59 Å². The fourth-order valence-corrected chi connectivity index (χ4v) is 1.12. The van der Waals surface area contributed by atoms with Gasteiger partial charge in [-0.1, -0.05) is 0 Å². The Labute approximate surface area is 104 Å². The molecule has 0 heterocycles. The van der Waals surface area contributed by atoms with Gasteiger partial charge in [-0.15, -0.1) is 23.2 Å². The van der Waals surface area contributed by atoms with Crippen LogP contribution in [0.4, 0.5) is 0 Å². The molecule has 0 radical (unpaired) electrons. The van der Waals surface area contributed by atoms with Gasteiger partial charge in [0.1, 0.15) is 0 Å². The predicted octanol–water partition coefficient (Wildman–Crippen LogP) is 1.11. The second-order valence-electron chi connectivity index (χ2n) is 2.69. The molecule has 0 aromatic rings. The summed E-state index contributed by atoms with van der Waals surface area (Å²) >= 11 is 10.9. The summed E-state index contributed by atoms with van der Waals surface area (Å²) in [6.45, 7) is 1.85. The summed E-state index contributed by atoms with van der Waals surface area (Å²) in [6, 6.07) is 0. The number of hydrogen-bond donors (Lipinski definition) is 2. The molecule has 0 saturated carbocycles. The van der Waals surface area contributed by atoms with Gasteiger partial charge in [0, 0.05) is 37.0 Å². The molecule has 94 valence electrons. The van der Waals surface area contributed by atoms with E-state index in [-0.39, 0.29) is 0 Å². The average molecular weight is 272 g/mol. The standard InChI is InChI=1S/C5H11Cl2N.C4H4O4/c1-8(4-2-6)5-3-7;5-3(6)1-2-4(7)8/h2-5H2,1H3;1-2H,(H,5,6)(H,7,8)/b;2-1-. The van der Waals surface area contributed by atoms with Crippen molar-refractivity contribution in [3.63, 3.8) is 0 Å². The highest BCUT2D eigenvalue weighted by Gasteiger charge is 1.92. The monoisotopic (exact) mass is 271 g/mol. The summed E-state index contributed by atoms with van der Waals surface area (Å²) in [6.07, 6.45) is 1.12. The molecule has 0 atom stereocenters. The lowest BCUT2D eigenvalue weighted by Crippen LogP contribution is -2.22. The van der Waals surface area contributed by atoms with Gasteiger partial charge in [-0.25, -0.2) is 9.59 Å². The molecule has 0 aromatic carbocycles. The van der Waals surface area contributed by atoms with E-state index in [4.69, 9.17) is 33.4 Å². The highest BCUT2D eigenvalue weighted by molar-refractivity contribution is 6.18. The second-order valence-corrected chi connectivity index (χ2v) is 3.45. The van der Waals surface area contributed by atoms with Crippen molar-refractivity contribution in [2.75, 3.05) is 31.9 Å². The van der Waals surface area contributed by atoms with Crippen LogP contribution in [0.15, 0.2) is 12.2 Å². The van der Waals surface area contributed by atoms with E-state index in [1.807, 2.05) is 7.05 Å². The lowest BCUT2D eigenvalue weighted by molar-refractivity contribution is -0.134. The second kappa shape index (κ2) is 12.3. The van der Waals surface area contributed by atoms with E-state index in [0.29, 0.717) is 23.9 Å². The van der Waals surface area contributed by atoms with Gasteiger partial charge in [0.05, 0.1) is 0 Å². The minimum absolute atomic E-state index is 0.558. The van der Waals surface area contributed by atoms with Gasteiger partial charge < -0.3 is 15.1 Å². The summed E-state index contributed by atoms with van der Waals surface area (Å²) in [7, 11) is 2.00. The van der Waals surface area contributed by atoms with Crippen LogP contribution in [0.1, 0.15) is 0 Å². The Hall–Kier alpha value is -0.780. The summed E-state index contributed by atoms with van der Waals surface area (Å²) in [5.41, 5.74) is 0. The summed E-state index contributed by atoms with van der Waals surface area (Å²) in [4.78, 5) is 21.2. The lowest BCUT2D eigenvalue weighted by atomic mass is 10.5. The summed E-state index contributed by atoms with van der Waals surface area (Å²) < 4.78 is 0. The van der Waals surface area contributed by atoms with Crippen LogP contribution < -0.4 is 0 Å². The van der Waals surface area contributed by atoms with Crippen LogP contribution in [0.25, 0.3) is 0 Å². The van der Waals surface area contributed by atoms with Gasteiger partial charge >= 0.3 is 11.9 Å². The van der Waals surface area contributed by atoms with Crippen molar-refractivity contribution in [3.8, 4) is 0 Å². The van der Waals surface area contributed by atoms with Crippen LogP contribution in [0.2, 0.25) is 0 Å². The van der Waals surface area contributed by atoms with E-state index in [2.05, 4.69) is 4.90 Å². The van der Waals surface area contributed by atoms with Gasteiger partial charge in [0.15, 0.2) is 0 Å². The molecule has 5 nitrogen and oxygen atoms in total. The van der Waals surface area contributed by atoms with Gasteiger partial charge in [-0.2, -0.15) is 0 Å². The Bertz CT molecular complexity index is 212. The molecule has 0 saturated heterocycles. The molecule has 0 aliphatic heterocycles. The van der Waals surface area contributed by atoms with Crippen LogP contribution in [0, 0.1) is 0 Å². The van der Waals surface area contributed by atoms with Gasteiger partial charge in [-0.3, -0.25) is 0 Å². The minimum atomic E-state index is -1.26. The number of nitrogens with zero attached hydrogens (tertiary/aromatic N) is 1. The van der Waals surface area contributed by atoms with Crippen LogP contribution in [-0.4, -0.2) is 58.9 Å². The van der Waals surface area contributed by atoms with Crippen molar-refractivity contribution in [2.45, 2.75) is 0 Å². The van der Waals surface area contributed by atoms with Gasteiger partial charge in [0.25, 0.3) is 0 Å². The first-order chi connectivity index (χ1) is 7.43. The van der Waals surface area contributed by atoms with Crippen molar-refractivity contribution in [1.29, 1.82) is 0 Å². The SMILES string of the molecule is CN(CCCl)CCCl.O=C(O)/C=C\C(=O)O. The zero-order chi connectivity index (χ0) is 13.0. The van der Waals surface area contributed by atoms with E-state index < -0.39 is 11.9 Å². The Morgan fingerprint density at radius 2 is 1.38 bits per heavy atom. The minimum Gasteiger partial charge on any atom is -0.478 e. The van der Waals surface area contributed by atoms with Crippen LogP contribution >= 0.6 is 23.2 Å². The first-order valence-electron chi connectivity index (χ1n) is 4.38. The molecule has 0 aliphatic carbocycles. The molecule has 0 fully saturated rings. The molecule has 0 aromatic heterocycles. The van der Waals surface area contributed by atoms with Crippen molar-refractivity contribution in [1.82, 2.24) is 4.90 Å². The first kappa shape index (κ1) is 17.6. The third-order valence-electron chi connectivity index (χ3n) is 1.30. The number of carboxylic acids is 2. The molecule has 0 rings (SSSR count). The molecule has 0 amide bonds. The topological polar surface area (TPSA) is 77.8 Å². The molecular formula is C9H15Cl2NO4. The zero-order valence-electron chi connectivity index (χ0n) is 8.90. The molecular weight excluding hydrogens is 257 g/mol. The Morgan fingerprint density at radius 1 is 1.06 bits per heavy atom. The third-order valence-corrected chi connectivity index (χ3v) is 1.64. The summed E-state index contributed by atoms with van der Waals surface area (Å²) in [5.74, 6) is -1.14. The fraction of sp³-hybridized carbons (Fsp3) is 0.556.